The molecular formula is C35H42N2O6. The molecule has 0 radical (unpaired) electrons. The smallest absolute Gasteiger partial charge is 0.248 e. The Morgan fingerprint density at radius 1 is 1.02 bits per heavy atom. The molecule has 1 saturated carbocycles. The summed E-state index contributed by atoms with van der Waals surface area (Å²) in [6, 6.07) is 13.8. The number of fused-ring (bicyclic) bond motifs is 1. The number of methoxy groups -OCH3 is 1. The molecule has 1 saturated heterocycles. The van der Waals surface area contributed by atoms with Gasteiger partial charge < -0.3 is 20.1 Å². The topological polar surface area (TPSA) is 114 Å². The van der Waals surface area contributed by atoms with E-state index in [2.05, 4.69) is 10.6 Å². The van der Waals surface area contributed by atoms with Gasteiger partial charge in [-0.1, -0.05) is 62.1 Å². The number of ether oxygens (including phenoxy) is 2. The average Bonchev–Trinajstić information content (AvgIpc) is 3.36. The Bertz CT molecular complexity index is 1390. The first-order valence-corrected chi connectivity index (χ1v) is 15.4. The van der Waals surface area contributed by atoms with E-state index >= 15 is 0 Å². The Morgan fingerprint density at radius 3 is 2.37 bits per heavy atom. The fourth-order valence-corrected chi connectivity index (χ4v) is 6.24. The van der Waals surface area contributed by atoms with Crippen molar-refractivity contribution in [2.75, 3.05) is 13.7 Å². The van der Waals surface area contributed by atoms with Gasteiger partial charge in [0.2, 0.25) is 11.8 Å². The third-order valence-electron chi connectivity index (χ3n) is 9.12. The maximum absolute atomic E-state index is 13.8. The van der Waals surface area contributed by atoms with Gasteiger partial charge in [-0.05, 0) is 67.5 Å². The SMILES string of the molecule is COc1ccc(CC(CC(=O)C(C)NC(=O)C2=Cc3ccccc3C2)C(=O)NC(CC2CCCC2)C(=O)C2(C)CO2)cc1. The van der Waals surface area contributed by atoms with Crippen molar-refractivity contribution in [1.29, 1.82) is 0 Å². The summed E-state index contributed by atoms with van der Waals surface area (Å²) in [6.45, 7) is 3.78. The molecule has 2 N–H and O–H groups in total. The van der Waals surface area contributed by atoms with Crippen molar-refractivity contribution >= 4 is 29.5 Å². The van der Waals surface area contributed by atoms with Crippen molar-refractivity contribution in [2.24, 2.45) is 11.8 Å². The number of nitrogens with one attached hydrogen (secondary N) is 2. The summed E-state index contributed by atoms with van der Waals surface area (Å²) in [5.41, 5.74) is 2.71. The molecule has 2 aromatic carbocycles. The summed E-state index contributed by atoms with van der Waals surface area (Å²) in [5.74, 6) is -0.611. The fourth-order valence-electron chi connectivity index (χ4n) is 6.24. The summed E-state index contributed by atoms with van der Waals surface area (Å²) in [6.07, 6.45) is 7.54. The molecular weight excluding hydrogens is 544 g/mol. The summed E-state index contributed by atoms with van der Waals surface area (Å²) in [4.78, 5) is 53.7. The lowest BCUT2D eigenvalue weighted by atomic mass is 9.88. The highest BCUT2D eigenvalue weighted by atomic mass is 16.6. The van der Waals surface area contributed by atoms with Gasteiger partial charge in [-0.25, -0.2) is 0 Å². The van der Waals surface area contributed by atoms with Crippen LogP contribution in [-0.4, -0.2) is 54.8 Å². The van der Waals surface area contributed by atoms with Crippen LogP contribution in [0.15, 0.2) is 54.1 Å². The summed E-state index contributed by atoms with van der Waals surface area (Å²) >= 11 is 0. The van der Waals surface area contributed by atoms with Crippen LogP contribution >= 0.6 is 0 Å². The number of hydrogen-bond acceptors (Lipinski definition) is 6. The van der Waals surface area contributed by atoms with E-state index in [9.17, 15) is 19.2 Å². The second-order valence-electron chi connectivity index (χ2n) is 12.5. The average molecular weight is 587 g/mol. The zero-order valence-corrected chi connectivity index (χ0v) is 25.3. The molecule has 5 rings (SSSR count). The second kappa shape index (κ2) is 13.2. The molecule has 1 aliphatic heterocycles. The molecule has 228 valence electrons. The molecule has 8 heteroatoms. The van der Waals surface area contributed by atoms with Gasteiger partial charge in [0.15, 0.2) is 11.6 Å². The second-order valence-corrected chi connectivity index (χ2v) is 12.5. The summed E-state index contributed by atoms with van der Waals surface area (Å²) < 4.78 is 10.7. The first-order valence-electron chi connectivity index (χ1n) is 15.4. The predicted molar refractivity (Wildman–Crippen MR) is 163 cm³/mol. The van der Waals surface area contributed by atoms with Crippen LogP contribution in [0.4, 0.5) is 0 Å². The van der Waals surface area contributed by atoms with Crippen LogP contribution < -0.4 is 15.4 Å². The van der Waals surface area contributed by atoms with Crippen molar-refractivity contribution < 1.29 is 28.7 Å². The molecule has 8 nitrogen and oxygen atoms in total. The first kappa shape index (κ1) is 30.7. The van der Waals surface area contributed by atoms with Crippen LogP contribution in [-0.2, 0) is 36.8 Å². The minimum absolute atomic E-state index is 0.0727. The van der Waals surface area contributed by atoms with Crippen LogP contribution in [0.2, 0.25) is 0 Å². The number of rotatable bonds is 14. The number of epoxide rings is 1. The van der Waals surface area contributed by atoms with E-state index in [1.165, 1.54) is 0 Å². The van der Waals surface area contributed by atoms with Crippen molar-refractivity contribution in [3.05, 3.63) is 70.8 Å². The van der Waals surface area contributed by atoms with Gasteiger partial charge in [-0.15, -0.1) is 0 Å². The first-order chi connectivity index (χ1) is 20.6. The Hall–Kier alpha value is -3.78. The highest BCUT2D eigenvalue weighted by Gasteiger charge is 2.50. The van der Waals surface area contributed by atoms with Gasteiger partial charge in [0.25, 0.3) is 0 Å². The van der Waals surface area contributed by atoms with Gasteiger partial charge in [-0.2, -0.15) is 0 Å². The summed E-state index contributed by atoms with van der Waals surface area (Å²) in [5, 5.41) is 5.87. The highest BCUT2D eigenvalue weighted by molar-refractivity contribution is 6.03. The van der Waals surface area contributed by atoms with E-state index in [4.69, 9.17) is 9.47 Å². The third kappa shape index (κ3) is 7.60. The van der Waals surface area contributed by atoms with Crippen LogP contribution in [0.3, 0.4) is 0 Å². The summed E-state index contributed by atoms with van der Waals surface area (Å²) in [7, 11) is 1.59. The van der Waals surface area contributed by atoms with Gasteiger partial charge in [0.05, 0.1) is 25.8 Å². The fraction of sp³-hybridized carbons (Fsp3) is 0.486. The maximum Gasteiger partial charge on any atom is 0.248 e. The van der Waals surface area contributed by atoms with Crippen molar-refractivity contribution in [3.63, 3.8) is 0 Å². The van der Waals surface area contributed by atoms with Crippen molar-refractivity contribution in [1.82, 2.24) is 10.6 Å². The third-order valence-corrected chi connectivity index (χ3v) is 9.12. The van der Waals surface area contributed by atoms with E-state index in [-0.39, 0.29) is 29.8 Å². The molecule has 4 atom stereocenters. The molecule has 1 heterocycles. The molecule has 0 spiro atoms. The zero-order valence-electron chi connectivity index (χ0n) is 25.3. The van der Waals surface area contributed by atoms with Crippen LogP contribution in [0.25, 0.3) is 6.08 Å². The predicted octanol–water partition coefficient (Wildman–Crippen LogP) is 4.38. The molecule has 43 heavy (non-hydrogen) atoms. The molecule has 2 aliphatic carbocycles. The number of amides is 2. The Balaban J connectivity index is 1.28. The van der Waals surface area contributed by atoms with Crippen LogP contribution in [0.5, 0.6) is 5.75 Å². The van der Waals surface area contributed by atoms with E-state index in [1.54, 1.807) is 21.0 Å². The van der Waals surface area contributed by atoms with Crippen LogP contribution in [0, 0.1) is 11.8 Å². The van der Waals surface area contributed by atoms with Gasteiger partial charge in [-0.3, -0.25) is 19.2 Å². The number of ketones is 2. The Labute approximate surface area is 253 Å². The van der Waals surface area contributed by atoms with Crippen molar-refractivity contribution in [2.45, 2.75) is 82.9 Å². The number of Topliss-reactive ketones (excluding diaryl/α,β-unsaturated/α-hetero) is 2. The monoisotopic (exact) mass is 586 g/mol. The molecule has 2 aromatic rings. The molecule has 0 bridgehead atoms. The largest absolute Gasteiger partial charge is 0.497 e. The minimum Gasteiger partial charge on any atom is -0.497 e. The van der Waals surface area contributed by atoms with E-state index in [0.29, 0.717) is 43.1 Å². The number of benzene rings is 2. The van der Waals surface area contributed by atoms with Gasteiger partial charge >= 0.3 is 0 Å². The highest BCUT2D eigenvalue weighted by Crippen LogP contribution is 2.34. The molecule has 2 amide bonds. The maximum atomic E-state index is 13.8. The van der Waals surface area contributed by atoms with E-state index < -0.39 is 23.6 Å². The van der Waals surface area contributed by atoms with E-state index in [0.717, 1.165) is 42.4 Å². The lowest BCUT2D eigenvalue weighted by molar-refractivity contribution is -0.134. The van der Waals surface area contributed by atoms with Gasteiger partial charge in [0, 0.05) is 24.3 Å². The Morgan fingerprint density at radius 2 is 1.72 bits per heavy atom. The molecule has 4 unspecified atom stereocenters. The van der Waals surface area contributed by atoms with E-state index in [1.807, 2.05) is 54.6 Å². The molecule has 0 aromatic heterocycles. The minimum atomic E-state index is -0.856. The molecule has 2 fully saturated rings. The lowest BCUT2D eigenvalue weighted by Gasteiger charge is -2.26. The standard InChI is InChI=1S/C35H42N2O6/c1-22(36-33(40)28-18-25-10-6-7-11-26(25)19-28)31(38)20-27(16-24-12-14-29(42-3)15-13-24)34(41)37-30(17-23-8-4-5-9-23)32(39)35(2)21-43-35/h6-7,10-15,18,22-23,27,30H,4-5,8-9,16-17,19-21H2,1-3H3,(H,36,40)(H,37,41). The number of hydrogen-bond donors (Lipinski definition) is 2. The number of carbonyl (C=O) groups is 4. The van der Waals surface area contributed by atoms with Crippen molar-refractivity contribution in [3.8, 4) is 5.75 Å². The quantitative estimate of drug-likeness (QED) is 0.318. The Kier molecular flexibility index (Phi) is 9.45. The van der Waals surface area contributed by atoms with Gasteiger partial charge in [0.1, 0.15) is 11.4 Å². The molecule has 3 aliphatic rings. The lowest BCUT2D eigenvalue weighted by Crippen LogP contribution is -2.49. The van der Waals surface area contributed by atoms with Crippen LogP contribution in [0.1, 0.15) is 69.1 Å². The zero-order chi connectivity index (χ0) is 30.6. The number of carbonyl (C=O) groups excluding carboxylic acids is 4. The normalized spacial score (nSPS) is 21.2.